The molecule has 0 saturated carbocycles. The Kier molecular flexibility index (Phi) is 4.26. The van der Waals surface area contributed by atoms with E-state index < -0.39 is 0 Å². The lowest BCUT2D eigenvalue weighted by atomic mass is 10.2. The van der Waals surface area contributed by atoms with E-state index >= 15 is 0 Å². The molecule has 1 heterocycles. The van der Waals surface area contributed by atoms with Crippen molar-refractivity contribution >= 4 is 11.8 Å². The summed E-state index contributed by atoms with van der Waals surface area (Å²) in [7, 11) is 1.65. The number of ether oxygens (including phenoxy) is 1. The quantitative estimate of drug-likeness (QED) is 0.774. The maximum Gasteiger partial charge on any atom is 0.169 e. The van der Waals surface area contributed by atoms with Crippen LogP contribution < -0.4 is 4.74 Å². The van der Waals surface area contributed by atoms with Gasteiger partial charge in [-0.3, -0.25) is 0 Å². The molecule has 0 aliphatic carbocycles. The van der Waals surface area contributed by atoms with Crippen LogP contribution in [0.3, 0.4) is 0 Å². The van der Waals surface area contributed by atoms with Crippen LogP contribution in [0, 0.1) is 11.3 Å². The second kappa shape index (κ2) is 6.12. The van der Waals surface area contributed by atoms with Crippen molar-refractivity contribution in [2.45, 2.75) is 11.7 Å². The van der Waals surface area contributed by atoms with Crippen molar-refractivity contribution in [1.82, 2.24) is 9.55 Å². The predicted octanol–water partition coefficient (Wildman–Crippen LogP) is 2.56. The van der Waals surface area contributed by atoms with Gasteiger partial charge in [0.25, 0.3) is 0 Å². The van der Waals surface area contributed by atoms with Crippen LogP contribution in [-0.4, -0.2) is 22.4 Å². The molecule has 0 N–H and O–H groups in total. The lowest BCUT2D eigenvalue weighted by Gasteiger charge is -2.07. The number of nitriles is 1. The summed E-state index contributed by atoms with van der Waals surface area (Å²) in [6.07, 6.45) is 3.67. The van der Waals surface area contributed by atoms with Crippen molar-refractivity contribution in [3.63, 3.8) is 0 Å². The Bertz CT molecular complexity index is 542. The van der Waals surface area contributed by atoms with Gasteiger partial charge in [-0.25, -0.2) is 4.98 Å². The third-order valence-corrected chi connectivity index (χ3v) is 3.33. The fourth-order valence-electron chi connectivity index (χ4n) is 1.58. The number of imidazole rings is 1. The number of aromatic nitrogens is 2. The summed E-state index contributed by atoms with van der Waals surface area (Å²) < 4.78 is 7.15. The number of hydrogen-bond acceptors (Lipinski definition) is 4. The average Bonchev–Trinajstić information content (AvgIpc) is 2.84. The normalized spacial score (nSPS) is 10.0. The smallest absolute Gasteiger partial charge is 0.169 e. The fraction of sp³-hybridized carbons (Fsp3) is 0.231. The van der Waals surface area contributed by atoms with Crippen molar-refractivity contribution in [1.29, 1.82) is 5.26 Å². The molecular weight excluding hydrogens is 246 g/mol. The van der Waals surface area contributed by atoms with E-state index in [1.54, 1.807) is 13.3 Å². The zero-order valence-electron chi connectivity index (χ0n) is 10.0. The third-order valence-electron chi connectivity index (χ3n) is 2.46. The standard InChI is InChI=1S/C13H13N3OS/c1-17-12-4-2-11(3-5-12)10-16-8-7-15-13(16)18-9-6-14/h2-5,7-8H,9-10H2,1H3. The minimum atomic E-state index is 0.416. The highest BCUT2D eigenvalue weighted by molar-refractivity contribution is 7.99. The highest BCUT2D eigenvalue weighted by atomic mass is 32.2. The Hall–Kier alpha value is -1.93. The Morgan fingerprint density at radius 3 is 2.83 bits per heavy atom. The molecule has 2 aromatic rings. The first-order valence-corrected chi connectivity index (χ1v) is 6.46. The molecule has 0 aliphatic rings. The van der Waals surface area contributed by atoms with Gasteiger partial charge >= 0.3 is 0 Å². The van der Waals surface area contributed by atoms with Crippen LogP contribution in [0.15, 0.2) is 41.8 Å². The number of nitrogens with zero attached hydrogens (tertiary/aromatic N) is 3. The van der Waals surface area contributed by atoms with Crippen LogP contribution in [0.5, 0.6) is 5.75 Å². The zero-order valence-corrected chi connectivity index (χ0v) is 10.9. The van der Waals surface area contributed by atoms with Crippen LogP contribution in [0.4, 0.5) is 0 Å². The number of rotatable bonds is 5. The van der Waals surface area contributed by atoms with Gasteiger partial charge < -0.3 is 9.30 Å². The average molecular weight is 259 g/mol. The van der Waals surface area contributed by atoms with E-state index in [0.29, 0.717) is 5.75 Å². The van der Waals surface area contributed by atoms with Gasteiger partial charge in [-0.1, -0.05) is 23.9 Å². The predicted molar refractivity (Wildman–Crippen MR) is 70.7 cm³/mol. The highest BCUT2D eigenvalue weighted by Gasteiger charge is 2.04. The number of methoxy groups -OCH3 is 1. The molecule has 4 nitrogen and oxygen atoms in total. The van der Waals surface area contributed by atoms with Crippen LogP contribution in [0.1, 0.15) is 5.56 Å². The summed E-state index contributed by atoms with van der Waals surface area (Å²) in [6, 6.07) is 10.0. The second-order valence-corrected chi connectivity index (χ2v) is 4.58. The van der Waals surface area contributed by atoms with Crippen molar-refractivity contribution in [3.05, 3.63) is 42.2 Å². The van der Waals surface area contributed by atoms with E-state index in [-0.39, 0.29) is 0 Å². The first-order valence-electron chi connectivity index (χ1n) is 5.47. The van der Waals surface area contributed by atoms with Gasteiger partial charge in [0.15, 0.2) is 5.16 Å². The van der Waals surface area contributed by atoms with Gasteiger partial charge in [0.1, 0.15) is 5.75 Å². The molecule has 0 unspecified atom stereocenters. The van der Waals surface area contributed by atoms with Crippen molar-refractivity contribution in [2.24, 2.45) is 0 Å². The van der Waals surface area contributed by atoms with Crippen molar-refractivity contribution < 1.29 is 4.74 Å². The minimum absolute atomic E-state index is 0.416. The summed E-state index contributed by atoms with van der Waals surface area (Å²) in [5.74, 6) is 1.27. The summed E-state index contributed by atoms with van der Waals surface area (Å²) in [4.78, 5) is 4.23. The number of hydrogen-bond donors (Lipinski definition) is 0. The van der Waals surface area contributed by atoms with E-state index in [9.17, 15) is 0 Å². The van der Waals surface area contributed by atoms with Crippen LogP contribution >= 0.6 is 11.8 Å². The Labute approximate surface area is 110 Å². The van der Waals surface area contributed by atoms with Crippen molar-refractivity contribution in [3.8, 4) is 11.8 Å². The maximum atomic E-state index is 8.58. The molecule has 0 atom stereocenters. The van der Waals surface area contributed by atoms with Crippen molar-refractivity contribution in [2.75, 3.05) is 12.9 Å². The molecule has 0 saturated heterocycles. The fourth-order valence-corrected chi connectivity index (χ4v) is 2.20. The summed E-state index contributed by atoms with van der Waals surface area (Å²) in [5.41, 5.74) is 1.17. The molecule has 2 rings (SSSR count). The molecule has 0 spiro atoms. The Balaban J connectivity index is 2.08. The van der Waals surface area contributed by atoms with Gasteiger partial charge in [-0.2, -0.15) is 5.26 Å². The first kappa shape index (κ1) is 12.5. The summed E-state index contributed by atoms with van der Waals surface area (Å²) in [6.45, 7) is 0.748. The second-order valence-electron chi connectivity index (χ2n) is 3.63. The molecule has 0 radical (unpaired) electrons. The molecule has 92 valence electrons. The lowest BCUT2D eigenvalue weighted by molar-refractivity contribution is 0.414. The molecular formula is C13H13N3OS. The van der Waals surface area contributed by atoms with E-state index in [1.165, 1.54) is 17.3 Å². The largest absolute Gasteiger partial charge is 0.497 e. The van der Waals surface area contributed by atoms with E-state index in [2.05, 4.69) is 11.1 Å². The Morgan fingerprint density at radius 1 is 1.39 bits per heavy atom. The molecule has 0 fully saturated rings. The maximum absolute atomic E-state index is 8.58. The van der Waals surface area contributed by atoms with Crippen LogP contribution in [-0.2, 0) is 6.54 Å². The monoisotopic (exact) mass is 259 g/mol. The SMILES string of the molecule is COc1ccc(Cn2ccnc2SCC#N)cc1. The topological polar surface area (TPSA) is 50.8 Å². The summed E-state index contributed by atoms with van der Waals surface area (Å²) in [5, 5.41) is 9.45. The Morgan fingerprint density at radius 2 is 2.17 bits per heavy atom. The molecule has 0 amide bonds. The van der Waals surface area contributed by atoms with Gasteiger partial charge in [0, 0.05) is 18.9 Å². The minimum Gasteiger partial charge on any atom is -0.497 e. The third kappa shape index (κ3) is 3.05. The molecule has 18 heavy (non-hydrogen) atoms. The molecule has 5 heteroatoms. The summed E-state index contributed by atoms with van der Waals surface area (Å²) >= 11 is 1.45. The number of thioether (sulfide) groups is 1. The first-order chi connectivity index (χ1) is 8.83. The highest BCUT2D eigenvalue weighted by Crippen LogP contribution is 2.18. The molecule has 1 aromatic carbocycles. The molecule has 1 aromatic heterocycles. The van der Waals surface area contributed by atoms with Gasteiger partial charge in [-0.05, 0) is 17.7 Å². The van der Waals surface area contributed by atoms with Crippen LogP contribution in [0.25, 0.3) is 0 Å². The van der Waals surface area contributed by atoms with Gasteiger partial charge in [-0.15, -0.1) is 0 Å². The van der Waals surface area contributed by atoms with E-state index in [1.807, 2.05) is 35.0 Å². The molecule has 0 bridgehead atoms. The van der Waals surface area contributed by atoms with Gasteiger partial charge in [0.05, 0.1) is 18.9 Å². The van der Waals surface area contributed by atoms with E-state index in [0.717, 1.165) is 17.5 Å². The molecule has 0 aliphatic heterocycles. The number of benzene rings is 1. The van der Waals surface area contributed by atoms with Gasteiger partial charge in [0.2, 0.25) is 0 Å². The van der Waals surface area contributed by atoms with Crippen LogP contribution in [0.2, 0.25) is 0 Å². The zero-order chi connectivity index (χ0) is 12.8. The lowest BCUT2D eigenvalue weighted by Crippen LogP contribution is -2.00. The van der Waals surface area contributed by atoms with E-state index in [4.69, 9.17) is 10.00 Å².